The Labute approximate surface area is 112 Å². The van der Waals surface area contributed by atoms with Crippen molar-refractivity contribution >= 4 is 30.7 Å². The van der Waals surface area contributed by atoms with Crippen LogP contribution < -0.4 is 16.2 Å². The van der Waals surface area contributed by atoms with Crippen LogP contribution in [0.5, 0.6) is 0 Å². The van der Waals surface area contributed by atoms with Crippen molar-refractivity contribution in [3.8, 4) is 0 Å². The summed E-state index contributed by atoms with van der Waals surface area (Å²) in [4.78, 5) is 24.5. The summed E-state index contributed by atoms with van der Waals surface area (Å²) in [5.74, 6) is -0.00412. The van der Waals surface area contributed by atoms with Crippen molar-refractivity contribution in [2.75, 3.05) is 13.6 Å². The molecule has 1 aromatic rings. The molecule has 0 aliphatic carbocycles. The van der Waals surface area contributed by atoms with Crippen LogP contribution in [0.3, 0.4) is 0 Å². The Morgan fingerprint density at radius 2 is 2.06 bits per heavy atom. The maximum atomic E-state index is 11.2. The first kappa shape index (κ1) is 18.3. The van der Waals surface area contributed by atoms with E-state index in [4.69, 9.17) is 0 Å². The number of pyridine rings is 1. The van der Waals surface area contributed by atoms with Gasteiger partial charge in [0.15, 0.2) is 0 Å². The highest BCUT2D eigenvalue weighted by molar-refractivity contribution is 5.85. The van der Waals surface area contributed by atoms with E-state index in [1.54, 1.807) is 19.3 Å². The van der Waals surface area contributed by atoms with Crippen LogP contribution in [-0.2, 0) is 11.3 Å². The SMILES string of the molecule is CNCCC(=O)NCc1ccc(=O)[nH]c1.Cl.Cl. The summed E-state index contributed by atoms with van der Waals surface area (Å²) in [6, 6.07) is 3.13. The van der Waals surface area contributed by atoms with Crippen LogP contribution in [0.25, 0.3) is 0 Å². The van der Waals surface area contributed by atoms with Crippen molar-refractivity contribution in [1.29, 1.82) is 0 Å². The number of halogens is 2. The topological polar surface area (TPSA) is 74.0 Å². The summed E-state index contributed by atoms with van der Waals surface area (Å²) >= 11 is 0. The number of hydrogen-bond donors (Lipinski definition) is 3. The molecule has 7 heteroatoms. The average Bonchev–Trinajstić information content (AvgIpc) is 2.25. The van der Waals surface area contributed by atoms with Gasteiger partial charge in [0.1, 0.15) is 0 Å². The molecule has 0 spiro atoms. The molecule has 0 fully saturated rings. The van der Waals surface area contributed by atoms with E-state index in [1.165, 1.54) is 6.07 Å². The number of hydrogen-bond acceptors (Lipinski definition) is 3. The zero-order valence-corrected chi connectivity index (χ0v) is 11.1. The minimum atomic E-state index is -0.139. The van der Waals surface area contributed by atoms with E-state index in [0.29, 0.717) is 19.5 Å². The lowest BCUT2D eigenvalue weighted by Gasteiger charge is -2.04. The Balaban J connectivity index is 0. The van der Waals surface area contributed by atoms with Gasteiger partial charge in [-0.2, -0.15) is 0 Å². The van der Waals surface area contributed by atoms with Gasteiger partial charge in [0.25, 0.3) is 0 Å². The molecule has 3 N–H and O–H groups in total. The van der Waals surface area contributed by atoms with Gasteiger partial charge in [-0.05, 0) is 12.6 Å². The predicted octanol–water partition coefficient (Wildman–Crippen LogP) is 0.444. The Hall–Kier alpha value is -1.04. The molecule has 5 nitrogen and oxygen atoms in total. The molecule has 0 saturated carbocycles. The maximum absolute atomic E-state index is 11.2. The Morgan fingerprint density at radius 1 is 1.35 bits per heavy atom. The van der Waals surface area contributed by atoms with Crippen molar-refractivity contribution in [1.82, 2.24) is 15.6 Å². The number of amides is 1. The maximum Gasteiger partial charge on any atom is 0.247 e. The molecule has 0 radical (unpaired) electrons. The van der Waals surface area contributed by atoms with Crippen molar-refractivity contribution < 1.29 is 4.79 Å². The van der Waals surface area contributed by atoms with Gasteiger partial charge in [0.05, 0.1) is 0 Å². The van der Waals surface area contributed by atoms with E-state index in [-0.39, 0.29) is 36.3 Å². The number of carbonyl (C=O) groups excluding carboxylic acids is 1. The van der Waals surface area contributed by atoms with Gasteiger partial charge in [-0.15, -0.1) is 24.8 Å². The van der Waals surface area contributed by atoms with E-state index in [0.717, 1.165) is 5.56 Å². The first-order valence-electron chi connectivity index (χ1n) is 4.81. The first-order chi connectivity index (χ1) is 7.22. The van der Waals surface area contributed by atoms with E-state index in [2.05, 4.69) is 15.6 Å². The van der Waals surface area contributed by atoms with Crippen molar-refractivity contribution in [3.05, 3.63) is 34.2 Å². The van der Waals surface area contributed by atoms with Crippen LogP contribution in [0.1, 0.15) is 12.0 Å². The fourth-order valence-corrected chi connectivity index (χ4v) is 1.08. The Morgan fingerprint density at radius 3 is 2.59 bits per heavy atom. The van der Waals surface area contributed by atoms with Gasteiger partial charge < -0.3 is 15.6 Å². The molecule has 1 amide bonds. The predicted molar refractivity (Wildman–Crippen MR) is 71.9 cm³/mol. The summed E-state index contributed by atoms with van der Waals surface area (Å²) in [7, 11) is 1.80. The van der Waals surface area contributed by atoms with Gasteiger partial charge in [-0.3, -0.25) is 9.59 Å². The van der Waals surface area contributed by atoms with Crippen LogP contribution in [0.4, 0.5) is 0 Å². The molecule has 98 valence electrons. The third kappa shape index (κ3) is 7.79. The van der Waals surface area contributed by atoms with Crippen LogP contribution in [0.2, 0.25) is 0 Å². The van der Waals surface area contributed by atoms with Crippen molar-refractivity contribution in [2.45, 2.75) is 13.0 Å². The van der Waals surface area contributed by atoms with Gasteiger partial charge in [0, 0.05) is 31.8 Å². The quantitative estimate of drug-likeness (QED) is 0.734. The molecule has 1 rings (SSSR count). The van der Waals surface area contributed by atoms with Gasteiger partial charge in [-0.1, -0.05) is 6.07 Å². The number of carbonyl (C=O) groups is 1. The van der Waals surface area contributed by atoms with Crippen LogP contribution >= 0.6 is 24.8 Å². The lowest BCUT2D eigenvalue weighted by atomic mass is 10.3. The zero-order chi connectivity index (χ0) is 11.1. The van der Waals surface area contributed by atoms with E-state index >= 15 is 0 Å². The van der Waals surface area contributed by atoms with E-state index < -0.39 is 0 Å². The Kier molecular flexibility index (Phi) is 10.9. The number of aromatic nitrogens is 1. The van der Waals surface area contributed by atoms with E-state index in [1.807, 2.05) is 0 Å². The lowest BCUT2D eigenvalue weighted by molar-refractivity contribution is -0.121. The van der Waals surface area contributed by atoms with Crippen LogP contribution in [-0.4, -0.2) is 24.5 Å². The van der Waals surface area contributed by atoms with Gasteiger partial charge >= 0.3 is 0 Å². The second-order valence-corrected chi connectivity index (χ2v) is 3.19. The molecule has 17 heavy (non-hydrogen) atoms. The van der Waals surface area contributed by atoms with Crippen molar-refractivity contribution in [3.63, 3.8) is 0 Å². The average molecular weight is 282 g/mol. The molecule has 0 bridgehead atoms. The fraction of sp³-hybridized carbons (Fsp3) is 0.400. The third-order valence-electron chi connectivity index (χ3n) is 1.94. The lowest BCUT2D eigenvalue weighted by Crippen LogP contribution is -2.26. The highest BCUT2D eigenvalue weighted by Gasteiger charge is 1.99. The second kappa shape index (κ2) is 10.1. The Bertz CT molecular complexity index is 362. The smallest absolute Gasteiger partial charge is 0.247 e. The molecular formula is C10H17Cl2N3O2. The van der Waals surface area contributed by atoms with Crippen LogP contribution in [0.15, 0.2) is 23.1 Å². The number of nitrogens with one attached hydrogen (secondary N) is 3. The highest BCUT2D eigenvalue weighted by Crippen LogP contribution is 1.92. The number of H-pyrrole nitrogens is 1. The molecule has 0 aliphatic rings. The van der Waals surface area contributed by atoms with Gasteiger partial charge in [-0.25, -0.2) is 0 Å². The molecule has 1 heterocycles. The largest absolute Gasteiger partial charge is 0.352 e. The van der Waals surface area contributed by atoms with Crippen LogP contribution in [0, 0.1) is 0 Å². The standard InChI is InChI=1S/C10H15N3O2.2ClH/c1-11-5-4-10(15)13-7-8-2-3-9(14)12-6-8;;/h2-3,6,11H,4-5,7H2,1H3,(H,12,14)(H,13,15);2*1H. The summed E-state index contributed by atoms with van der Waals surface area (Å²) in [5, 5.41) is 5.65. The zero-order valence-electron chi connectivity index (χ0n) is 9.49. The summed E-state index contributed by atoms with van der Waals surface area (Å²) in [6.45, 7) is 1.11. The summed E-state index contributed by atoms with van der Waals surface area (Å²) in [6.07, 6.45) is 2.06. The number of rotatable bonds is 5. The summed E-state index contributed by atoms with van der Waals surface area (Å²) in [5.41, 5.74) is 0.743. The first-order valence-corrected chi connectivity index (χ1v) is 4.81. The number of aromatic amines is 1. The molecule has 0 unspecified atom stereocenters. The minimum Gasteiger partial charge on any atom is -0.352 e. The van der Waals surface area contributed by atoms with E-state index in [9.17, 15) is 9.59 Å². The fourth-order valence-electron chi connectivity index (χ4n) is 1.08. The third-order valence-corrected chi connectivity index (χ3v) is 1.94. The summed E-state index contributed by atoms with van der Waals surface area (Å²) < 4.78 is 0. The molecule has 0 aromatic carbocycles. The minimum absolute atomic E-state index is 0. The molecule has 0 atom stereocenters. The molecule has 0 aliphatic heterocycles. The highest BCUT2D eigenvalue weighted by atomic mass is 35.5. The molecule has 1 aromatic heterocycles. The normalized spacial score (nSPS) is 8.76. The van der Waals surface area contributed by atoms with Crippen molar-refractivity contribution in [2.24, 2.45) is 0 Å². The molecule has 0 saturated heterocycles. The van der Waals surface area contributed by atoms with Gasteiger partial charge in [0.2, 0.25) is 11.5 Å². The molecular weight excluding hydrogens is 265 g/mol. The second-order valence-electron chi connectivity index (χ2n) is 3.19. The monoisotopic (exact) mass is 281 g/mol.